The highest BCUT2D eigenvalue weighted by atomic mass is 32.2. The normalized spacial score (nSPS) is 11.2. The molecular formula is C26H30N2O4S. The van der Waals surface area contributed by atoms with Crippen molar-refractivity contribution in [3.05, 3.63) is 95.1 Å². The highest BCUT2D eigenvalue weighted by Gasteiger charge is 2.28. The monoisotopic (exact) mass is 466 g/mol. The Hall–Kier alpha value is -3.16. The van der Waals surface area contributed by atoms with Crippen LogP contribution in [-0.4, -0.2) is 34.0 Å². The van der Waals surface area contributed by atoms with Gasteiger partial charge < -0.3 is 10.1 Å². The fourth-order valence-corrected chi connectivity index (χ4v) is 4.82. The summed E-state index contributed by atoms with van der Waals surface area (Å²) in [6, 6.07) is 22.0. The van der Waals surface area contributed by atoms with E-state index in [1.54, 1.807) is 30.3 Å². The molecule has 0 atom stereocenters. The molecule has 6 nitrogen and oxygen atoms in total. The summed E-state index contributed by atoms with van der Waals surface area (Å²) in [4.78, 5) is 12.9. The smallest absolute Gasteiger partial charge is 0.264 e. The van der Waals surface area contributed by atoms with Crippen molar-refractivity contribution in [2.24, 2.45) is 0 Å². The predicted molar refractivity (Wildman–Crippen MR) is 131 cm³/mol. The van der Waals surface area contributed by atoms with E-state index in [1.807, 2.05) is 63.2 Å². The Bertz CT molecular complexity index is 1180. The molecule has 0 unspecified atom stereocenters. The third kappa shape index (κ3) is 6.66. The molecule has 1 N–H and O–H groups in total. The molecule has 0 saturated heterocycles. The molecular weight excluding hydrogens is 436 g/mol. The maximum atomic E-state index is 13.5. The summed E-state index contributed by atoms with van der Waals surface area (Å²) >= 11 is 0. The van der Waals surface area contributed by atoms with Crippen molar-refractivity contribution in [2.75, 3.05) is 24.0 Å². The molecule has 33 heavy (non-hydrogen) atoms. The molecule has 3 aromatic rings. The fraction of sp³-hybridized carbons (Fsp3) is 0.269. The van der Waals surface area contributed by atoms with Crippen LogP contribution in [0.3, 0.4) is 0 Å². The molecule has 0 aromatic heterocycles. The molecule has 3 aromatic carbocycles. The van der Waals surface area contributed by atoms with Gasteiger partial charge in [0.2, 0.25) is 5.91 Å². The zero-order chi connectivity index (χ0) is 23.8. The van der Waals surface area contributed by atoms with Gasteiger partial charge in [-0.2, -0.15) is 0 Å². The predicted octanol–water partition coefficient (Wildman–Crippen LogP) is 4.14. The first-order chi connectivity index (χ1) is 15.8. The Morgan fingerprint density at radius 2 is 1.58 bits per heavy atom. The quantitative estimate of drug-likeness (QED) is 0.456. The van der Waals surface area contributed by atoms with E-state index in [9.17, 15) is 13.2 Å². The number of anilines is 1. The van der Waals surface area contributed by atoms with Crippen LogP contribution in [0.5, 0.6) is 0 Å². The average Bonchev–Trinajstić information content (AvgIpc) is 2.80. The molecule has 1 amide bonds. The van der Waals surface area contributed by atoms with Crippen LogP contribution < -0.4 is 9.62 Å². The van der Waals surface area contributed by atoms with Crippen LogP contribution in [0.2, 0.25) is 0 Å². The second-order valence-electron chi connectivity index (χ2n) is 8.00. The van der Waals surface area contributed by atoms with Gasteiger partial charge >= 0.3 is 0 Å². The number of nitrogens with one attached hydrogen (secondary N) is 1. The number of amides is 1. The Balaban J connectivity index is 1.71. The zero-order valence-electron chi connectivity index (χ0n) is 19.2. The minimum atomic E-state index is -3.94. The summed E-state index contributed by atoms with van der Waals surface area (Å²) in [5.41, 5.74) is 4.19. The minimum Gasteiger partial charge on any atom is -0.375 e. The Morgan fingerprint density at radius 1 is 0.909 bits per heavy atom. The van der Waals surface area contributed by atoms with E-state index in [0.717, 1.165) is 22.3 Å². The lowest BCUT2D eigenvalue weighted by Gasteiger charge is -2.26. The Morgan fingerprint density at radius 3 is 2.27 bits per heavy atom. The van der Waals surface area contributed by atoms with Gasteiger partial charge in [-0.05, 0) is 55.7 Å². The largest absolute Gasteiger partial charge is 0.375 e. The van der Waals surface area contributed by atoms with E-state index in [-0.39, 0.29) is 18.0 Å². The van der Waals surface area contributed by atoms with Crippen molar-refractivity contribution >= 4 is 21.6 Å². The van der Waals surface area contributed by atoms with Crippen LogP contribution in [0.15, 0.2) is 77.7 Å². The second-order valence-corrected chi connectivity index (χ2v) is 9.87. The van der Waals surface area contributed by atoms with Gasteiger partial charge in [0.15, 0.2) is 0 Å². The summed E-state index contributed by atoms with van der Waals surface area (Å²) in [5, 5.41) is 2.77. The molecule has 0 aliphatic heterocycles. The van der Waals surface area contributed by atoms with E-state index in [0.29, 0.717) is 18.9 Å². The van der Waals surface area contributed by atoms with Crippen LogP contribution in [0.1, 0.15) is 22.3 Å². The third-order valence-electron chi connectivity index (χ3n) is 5.21. The van der Waals surface area contributed by atoms with Crippen LogP contribution in [0, 0.1) is 20.8 Å². The summed E-state index contributed by atoms with van der Waals surface area (Å²) in [6.45, 7) is 6.37. The van der Waals surface area contributed by atoms with Crippen molar-refractivity contribution in [1.29, 1.82) is 0 Å². The Labute approximate surface area is 196 Å². The molecule has 0 heterocycles. The first-order valence-electron chi connectivity index (χ1n) is 10.8. The fourth-order valence-electron chi connectivity index (χ4n) is 3.34. The van der Waals surface area contributed by atoms with Gasteiger partial charge in [0.1, 0.15) is 6.54 Å². The molecule has 0 saturated carbocycles. The molecule has 0 bridgehead atoms. The van der Waals surface area contributed by atoms with E-state index >= 15 is 0 Å². The number of carbonyl (C=O) groups excluding carboxylic acids is 1. The molecule has 0 spiro atoms. The number of carbonyl (C=O) groups is 1. The molecule has 0 aliphatic carbocycles. The van der Waals surface area contributed by atoms with Crippen molar-refractivity contribution < 1.29 is 17.9 Å². The number of benzene rings is 3. The van der Waals surface area contributed by atoms with Crippen LogP contribution in [0.25, 0.3) is 0 Å². The van der Waals surface area contributed by atoms with Gasteiger partial charge in [0.05, 0.1) is 23.8 Å². The van der Waals surface area contributed by atoms with Crippen LogP contribution >= 0.6 is 0 Å². The van der Waals surface area contributed by atoms with Gasteiger partial charge in [-0.25, -0.2) is 8.42 Å². The van der Waals surface area contributed by atoms with Crippen molar-refractivity contribution in [3.8, 4) is 0 Å². The molecule has 3 rings (SSSR count). The van der Waals surface area contributed by atoms with E-state index < -0.39 is 15.9 Å². The number of hydrogen-bond acceptors (Lipinski definition) is 4. The summed E-state index contributed by atoms with van der Waals surface area (Å²) in [7, 11) is -3.94. The summed E-state index contributed by atoms with van der Waals surface area (Å²) in [6.07, 6.45) is 0. The number of rotatable bonds is 10. The van der Waals surface area contributed by atoms with Crippen molar-refractivity contribution in [1.82, 2.24) is 5.32 Å². The van der Waals surface area contributed by atoms with Crippen molar-refractivity contribution in [3.63, 3.8) is 0 Å². The minimum absolute atomic E-state index is 0.146. The second kappa shape index (κ2) is 11.1. The first-order valence-corrected chi connectivity index (χ1v) is 12.3. The lowest BCUT2D eigenvalue weighted by Crippen LogP contribution is -2.42. The maximum Gasteiger partial charge on any atom is 0.264 e. The van der Waals surface area contributed by atoms with Gasteiger partial charge in [-0.15, -0.1) is 0 Å². The van der Waals surface area contributed by atoms with Gasteiger partial charge in [-0.3, -0.25) is 9.10 Å². The highest BCUT2D eigenvalue weighted by molar-refractivity contribution is 7.92. The van der Waals surface area contributed by atoms with Gasteiger partial charge in [0, 0.05) is 6.54 Å². The standard InChI is InChI=1S/C26H30N2O4S/c1-20-10-13-24(14-11-20)33(30,31)28(25-17-21(2)9-12-22(25)3)18-26(29)27-15-16-32-19-23-7-5-4-6-8-23/h4-14,17H,15-16,18-19H2,1-3H3,(H,27,29). The van der Waals surface area contributed by atoms with Crippen molar-refractivity contribution in [2.45, 2.75) is 32.3 Å². The van der Waals surface area contributed by atoms with Gasteiger partial charge in [-0.1, -0.05) is 60.2 Å². The highest BCUT2D eigenvalue weighted by Crippen LogP contribution is 2.28. The molecule has 0 aliphatic rings. The third-order valence-corrected chi connectivity index (χ3v) is 6.98. The first kappa shape index (κ1) is 24.5. The van der Waals surface area contributed by atoms with E-state index in [2.05, 4.69) is 5.32 Å². The summed E-state index contributed by atoms with van der Waals surface area (Å²) < 4.78 is 33.8. The van der Waals surface area contributed by atoms with E-state index in [4.69, 9.17) is 4.74 Å². The topological polar surface area (TPSA) is 75.7 Å². The summed E-state index contributed by atoms with van der Waals surface area (Å²) in [5.74, 6) is -0.394. The number of nitrogens with zero attached hydrogens (tertiary/aromatic N) is 1. The van der Waals surface area contributed by atoms with E-state index in [1.165, 1.54) is 4.31 Å². The number of aryl methyl sites for hydroxylation is 3. The molecule has 174 valence electrons. The maximum absolute atomic E-state index is 13.5. The Kier molecular flexibility index (Phi) is 8.25. The van der Waals surface area contributed by atoms with Gasteiger partial charge in [0.25, 0.3) is 10.0 Å². The van der Waals surface area contributed by atoms with Crippen LogP contribution in [-0.2, 0) is 26.2 Å². The average molecular weight is 467 g/mol. The number of ether oxygens (including phenoxy) is 1. The molecule has 0 fully saturated rings. The lowest BCUT2D eigenvalue weighted by atomic mass is 10.1. The molecule has 7 heteroatoms. The number of hydrogen-bond donors (Lipinski definition) is 1. The SMILES string of the molecule is Cc1ccc(S(=O)(=O)N(CC(=O)NCCOCc2ccccc2)c2cc(C)ccc2C)cc1. The lowest BCUT2D eigenvalue weighted by molar-refractivity contribution is -0.119. The number of sulfonamides is 1. The zero-order valence-corrected chi connectivity index (χ0v) is 20.1. The van der Waals surface area contributed by atoms with Crippen LogP contribution in [0.4, 0.5) is 5.69 Å². The molecule has 0 radical (unpaired) electrons.